The number of carbonyl (C=O) groups excluding carboxylic acids is 1. The van der Waals surface area contributed by atoms with Gasteiger partial charge in [-0.05, 0) is 6.07 Å². The van der Waals surface area contributed by atoms with Crippen LogP contribution >= 0.6 is 11.6 Å². The Bertz CT molecular complexity index is 401. The summed E-state index contributed by atoms with van der Waals surface area (Å²) in [5.41, 5.74) is 6.02. The van der Waals surface area contributed by atoms with Crippen molar-refractivity contribution in [2.45, 2.75) is 0 Å². The van der Waals surface area contributed by atoms with Gasteiger partial charge in [-0.15, -0.1) is 0 Å². The Hall–Kier alpha value is -1.37. The van der Waals surface area contributed by atoms with E-state index in [2.05, 4.69) is 4.98 Å². The third-order valence-corrected chi connectivity index (χ3v) is 2.22. The number of rotatable bonds is 7. The first-order chi connectivity index (χ1) is 8.65. The molecule has 0 unspecified atom stereocenters. The second-order valence-corrected chi connectivity index (χ2v) is 3.72. The van der Waals surface area contributed by atoms with E-state index in [1.807, 2.05) is 0 Å². The highest BCUT2D eigenvalue weighted by Crippen LogP contribution is 2.15. The molecule has 0 saturated heterocycles. The molecule has 1 aromatic rings. The van der Waals surface area contributed by atoms with E-state index < -0.39 is 5.97 Å². The van der Waals surface area contributed by atoms with Crippen LogP contribution in [0.4, 0.5) is 5.69 Å². The molecule has 6 nitrogen and oxygen atoms in total. The van der Waals surface area contributed by atoms with Gasteiger partial charge in [-0.25, -0.2) is 9.78 Å². The van der Waals surface area contributed by atoms with Crippen LogP contribution < -0.4 is 5.73 Å². The van der Waals surface area contributed by atoms with Crippen molar-refractivity contribution >= 4 is 23.3 Å². The van der Waals surface area contributed by atoms with Crippen LogP contribution in [0.5, 0.6) is 0 Å². The summed E-state index contributed by atoms with van der Waals surface area (Å²) in [4.78, 5) is 15.4. The zero-order valence-corrected chi connectivity index (χ0v) is 10.8. The molecule has 18 heavy (non-hydrogen) atoms. The number of hydrogen-bond donors (Lipinski definition) is 1. The molecule has 100 valence electrons. The van der Waals surface area contributed by atoms with Crippen LogP contribution in [0, 0.1) is 0 Å². The maximum Gasteiger partial charge on any atom is 0.340 e. The minimum Gasteiger partial charge on any atom is -0.460 e. The molecule has 1 rings (SSSR count). The monoisotopic (exact) mass is 274 g/mol. The molecule has 0 aliphatic heterocycles. The topological polar surface area (TPSA) is 83.7 Å². The average molecular weight is 275 g/mol. The van der Waals surface area contributed by atoms with Crippen molar-refractivity contribution in [3.63, 3.8) is 0 Å². The van der Waals surface area contributed by atoms with Crippen LogP contribution in [0.3, 0.4) is 0 Å². The van der Waals surface area contributed by atoms with Gasteiger partial charge in [-0.2, -0.15) is 0 Å². The van der Waals surface area contributed by atoms with E-state index in [4.69, 9.17) is 31.5 Å². The SMILES string of the molecule is COCCOCCOC(=O)c1cc(Cl)ncc1N. The molecule has 0 aromatic carbocycles. The lowest BCUT2D eigenvalue weighted by Gasteiger charge is -2.07. The van der Waals surface area contributed by atoms with E-state index in [9.17, 15) is 4.79 Å². The van der Waals surface area contributed by atoms with Crippen molar-refractivity contribution in [3.8, 4) is 0 Å². The summed E-state index contributed by atoms with van der Waals surface area (Å²) in [6.45, 7) is 1.40. The molecule has 0 aliphatic rings. The number of nitrogens with two attached hydrogens (primary N) is 1. The van der Waals surface area contributed by atoms with Crippen molar-refractivity contribution < 1.29 is 19.0 Å². The van der Waals surface area contributed by atoms with Crippen LogP contribution in [0.2, 0.25) is 5.15 Å². The van der Waals surface area contributed by atoms with E-state index >= 15 is 0 Å². The first-order valence-corrected chi connectivity index (χ1v) is 5.67. The summed E-state index contributed by atoms with van der Waals surface area (Å²) < 4.78 is 14.9. The third kappa shape index (κ3) is 4.87. The minimum atomic E-state index is -0.549. The Morgan fingerprint density at radius 3 is 2.83 bits per heavy atom. The summed E-state index contributed by atoms with van der Waals surface area (Å²) in [7, 11) is 1.58. The van der Waals surface area contributed by atoms with E-state index in [0.717, 1.165) is 0 Å². The molecule has 1 aromatic heterocycles. The molecule has 0 fully saturated rings. The number of aromatic nitrogens is 1. The number of carbonyl (C=O) groups is 1. The normalized spacial score (nSPS) is 10.3. The lowest BCUT2D eigenvalue weighted by molar-refractivity contribution is 0.0214. The molecule has 0 saturated carbocycles. The summed E-state index contributed by atoms with van der Waals surface area (Å²) >= 11 is 5.67. The first kappa shape index (κ1) is 14.7. The Morgan fingerprint density at radius 2 is 2.11 bits per heavy atom. The van der Waals surface area contributed by atoms with Gasteiger partial charge in [-0.3, -0.25) is 0 Å². The van der Waals surface area contributed by atoms with E-state index in [0.29, 0.717) is 19.8 Å². The Balaban J connectivity index is 2.34. The molecular weight excluding hydrogens is 260 g/mol. The highest BCUT2D eigenvalue weighted by atomic mass is 35.5. The molecule has 0 radical (unpaired) electrons. The molecule has 0 atom stereocenters. The fourth-order valence-corrected chi connectivity index (χ4v) is 1.29. The molecular formula is C11H15ClN2O4. The lowest BCUT2D eigenvalue weighted by Crippen LogP contribution is -2.14. The minimum absolute atomic E-state index is 0.141. The van der Waals surface area contributed by atoms with Crippen LogP contribution in [0.1, 0.15) is 10.4 Å². The van der Waals surface area contributed by atoms with Crippen molar-refractivity contribution in [1.82, 2.24) is 4.98 Å². The van der Waals surface area contributed by atoms with Gasteiger partial charge in [0, 0.05) is 7.11 Å². The number of nitrogen functional groups attached to an aromatic ring is 1. The fourth-order valence-electron chi connectivity index (χ4n) is 1.13. The van der Waals surface area contributed by atoms with Gasteiger partial charge in [0.25, 0.3) is 0 Å². The fraction of sp³-hybridized carbons (Fsp3) is 0.455. The van der Waals surface area contributed by atoms with Crippen molar-refractivity contribution in [2.75, 3.05) is 39.3 Å². The second-order valence-electron chi connectivity index (χ2n) is 3.34. The van der Waals surface area contributed by atoms with Gasteiger partial charge in [0.2, 0.25) is 0 Å². The van der Waals surface area contributed by atoms with Gasteiger partial charge in [0.15, 0.2) is 0 Å². The molecule has 2 N–H and O–H groups in total. The molecule has 7 heteroatoms. The summed E-state index contributed by atoms with van der Waals surface area (Å²) in [6, 6.07) is 1.37. The van der Waals surface area contributed by atoms with Gasteiger partial charge in [0.1, 0.15) is 11.8 Å². The number of ether oxygens (including phenoxy) is 3. The molecule has 0 aliphatic carbocycles. The molecule has 0 bridgehead atoms. The smallest absolute Gasteiger partial charge is 0.340 e. The standard InChI is InChI=1S/C11H15ClN2O4/c1-16-2-3-17-4-5-18-11(15)8-6-10(12)14-7-9(8)13/h6-7H,2-5,13H2,1H3. The number of esters is 1. The highest BCUT2D eigenvalue weighted by Gasteiger charge is 2.12. The van der Waals surface area contributed by atoms with Gasteiger partial charge in [0.05, 0.1) is 37.3 Å². The van der Waals surface area contributed by atoms with Crippen LogP contribution in [-0.2, 0) is 14.2 Å². The van der Waals surface area contributed by atoms with Crippen LogP contribution in [0.15, 0.2) is 12.3 Å². The predicted molar refractivity (Wildman–Crippen MR) is 66.6 cm³/mol. The van der Waals surface area contributed by atoms with E-state index in [1.54, 1.807) is 7.11 Å². The average Bonchev–Trinajstić information content (AvgIpc) is 2.36. The van der Waals surface area contributed by atoms with Crippen molar-refractivity contribution in [2.24, 2.45) is 0 Å². The molecule has 0 spiro atoms. The predicted octanol–water partition coefficient (Wildman–Crippen LogP) is 1.14. The zero-order chi connectivity index (χ0) is 13.4. The van der Waals surface area contributed by atoms with E-state index in [-0.39, 0.29) is 23.0 Å². The largest absolute Gasteiger partial charge is 0.460 e. The van der Waals surface area contributed by atoms with Crippen LogP contribution in [-0.4, -0.2) is 44.5 Å². The quantitative estimate of drug-likeness (QED) is 0.456. The summed E-state index contributed by atoms with van der Waals surface area (Å²) in [5, 5.41) is 0.187. The van der Waals surface area contributed by atoms with Crippen molar-refractivity contribution in [1.29, 1.82) is 0 Å². The van der Waals surface area contributed by atoms with Crippen molar-refractivity contribution in [3.05, 3.63) is 23.0 Å². The van der Waals surface area contributed by atoms with Gasteiger partial charge >= 0.3 is 5.97 Å². The molecule has 0 amide bonds. The number of methoxy groups -OCH3 is 1. The highest BCUT2D eigenvalue weighted by molar-refractivity contribution is 6.29. The maximum atomic E-state index is 11.6. The Labute approximate surface area is 110 Å². The number of anilines is 1. The van der Waals surface area contributed by atoms with E-state index in [1.165, 1.54) is 12.3 Å². The summed E-state index contributed by atoms with van der Waals surface area (Å²) in [5.74, 6) is -0.549. The second kappa shape index (κ2) is 7.86. The first-order valence-electron chi connectivity index (χ1n) is 5.30. The van der Waals surface area contributed by atoms with Gasteiger partial charge in [-0.1, -0.05) is 11.6 Å². The number of halogens is 1. The van der Waals surface area contributed by atoms with Gasteiger partial charge < -0.3 is 19.9 Å². The number of nitrogens with zero attached hydrogens (tertiary/aromatic N) is 1. The zero-order valence-electron chi connectivity index (χ0n) is 10.0. The lowest BCUT2D eigenvalue weighted by atomic mass is 10.2. The third-order valence-electron chi connectivity index (χ3n) is 2.01. The summed E-state index contributed by atoms with van der Waals surface area (Å²) in [6.07, 6.45) is 1.31. The Morgan fingerprint density at radius 1 is 1.39 bits per heavy atom. The van der Waals surface area contributed by atoms with Crippen LogP contribution in [0.25, 0.3) is 0 Å². The molecule has 1 heterocycles. The Kier molecular flexibility index (Phi) is 6.42. The maximum absolute atomic E-state index is 11.6. The number of pyridine rings is 1. The number of hydrogen-bond acceptors (Lipinski definition) is 6.